The molecule has 0 aliphatic heterocycles. The third kappa shape index (κ3) is 5.29. The zero-order valence-corrected chi connectivity index (χ0v) is 17.3. The lowest BCUT2D eigenvalue weighted by molar-refractivity contribution is -0.139. The van der Waals surface area contributed by atoms with Crippen LogP contribution in [0, 0.1) is 0 Å². The average molecular weight is 408 g/mol. The van der Waals surface area contributed by atoms with Gasteiger partial charge in [-0.15, -0.1) is 0 Å². The van der Waals surface area contributed by atoms with Gasteiger partial charge in [0.05, 0.1) is 0 Å². The second-order valence-corrected chi connectivity index (χ2v) is 7.57. The van der Waals surface area contributed by atoms with Gasteiger partial charge in [-0.1, -0.05) is 73.5 Å². The Balaban J connectivity index is 1.54. The molecule has 30 heavy (non-hydrogen) atoms. The van der Waals surface area contributed by atoms with Crippen molar-refractivity contribution in [2.24, 2.45) is 0 Å². The van der Waals surface area contributed by atoms with Crippen LogP contribution in [0.2, 0.25) is 0 Å². The Labute approximate surface area is 177 Å². The Kier molecular flexibility index (Phi) is 7.66. The van der Waals surface area contributed by atoms with E-state index in [9.17, 15) is 14.7 Å². The normalized spacial score (nSPS) is 13.6. The molecule has 5 heteroatoms. The topological polar surface area (TPSA) is 75.6 Å². The SMILES string of the molecule is C/C=C/CCCCC[C@@H](NC(=O)OCC1c2ccccc2-c2ccccc21)C(=O)O. The van der Waals surface area contributed by atoms with Gasteiger partial charge in [-0.25, -0.2) is 9.59 Å². The number of carboxylic acid groups (broad SMARTS) is 1. The Morgan fingerprint density at radius 3 is 2.27 bits per heavy atom. The van der Waals surface area contributed by atoms with Crippen molar-refractivity contribution in [2.45, 2.75) is 51.0 Å². The van der Waals surface area contributed by atoms with E-state index >= 15 is 0 Å². The van der Waals surface area contributed by atoms with Crippen molar-refractivity contribution in [2.75, 3.05) is 6.61 Å². The fourth-order valence-electron chi connectivity index (χ4n) is 3.99. The molecule has 0 radical (unpaired) electrons. The minimum atomic E-state index is -1.03. The van der Waals surface area contributed by atoms with E-state index in [0.29, 0.717) is 6.42 Å². The van der Waals surface area contributed by atoms with E-state index in [0.717, 1.165) is 47.9 Å². The van der Waals surface area contributed by atoms with Crippen LogP contribution in [0.25, 0.3) is 11.1 Å². The quantitative estimate of drug-likeness (QED) is 0.402. The Morgan fingerprint density at radius 1 is 1.03 bits per heavy atom. The van der Waals surface area contributed by atoms with Gasteiger partial charge in [0.25, 0.3) is 0 Å². The highest BCUT2D eigenvalue weighted by Gasteiger charge is 2.29. The molecule has 1 amide bonds. The summed E-state index contributed by atoms with van der Waals surface area (Å²) >= 11 is 0. The van der Waals surface area contributed by atoms with Crippen molar-refractivity contribution in [3.63, 3.8) is 0 Å². The summed E-state index contributed by atoms with van der Waals surface area (Å²) in [4.78, 5) is 23.8. The van der Waals surface area contributed by atoms with Crippen LogP contribution in [0.3, 0.4) is 0 Å². The number of amides is 1. The molecular weight excluding hydrogens is 378 g/mol. The van der Waals surface area contributed by atoms with Gasteiger partial charge in [0.15, 0.2) is 0 Å². The Hall–Kier alpha value is -3.08. The fourth-order valence-corrected chi connectivity index (χ4v) is 3.99. The van der Waals surface area contributed by atoms with E-state index in [-0.39, 0.29) is 12.5 Å². The Bertz CT molecular complexity index is 860. The highest BCUT2D eigenvalue weighted by molar-refractivity contribution is 5.81. The summed E-state index contributed by atoms with van der Waals surface area (Å²) in [5.74, 6) is -1.07. The van der Waals surface area contributed by atoms with Gasteiger partial charge in [0.1, 0.15) is 12.6 Å². The van der Waals surface area contributed by atoms with Crippen molar-refractivity contribution >= 4 is 12.1 Å². The predicted octanol–water partition coefficient (Wildman–Crippen LogP) is 5.50. The lowest BCUT2D eigenvalue weighted by Crippen LogP contribution is -2.41. The molecule has 0 aromatic heterocycles. The number of ether oxygens (including phenoxy) is 1. The van der Waals surface area contributed by atoms with Crippen LogP contribution in [-0.2, 0) is 9.53 Å². The maximum atomic E-state index is 12.3. The van der Waals surface area contributed by atoms with Crippen LogP contribution >= 0.6 is 0 Å². The van der Waals surface area contributed by atoms with Gasteiger partial charge in [-0.2, -0.15) is 0 Å². The van der Waals surface area contributed by atoms with E-state index in [1.54, 1.807) is 0 Å². The van der Waals surface area contributed by atoms with E-state index < -0.39 is 18.1 Å². The molecule has 3 rings (SSSR count). The summed E-state index contributed by atoms with van der Waals surface area (Å²) in [6, 6.07) is 15.3. The molecule has 2 N–H and O–H groups in total. The van der Waals surface area contributed by atoms with Crippen molar-refractivity contribution in [3.8, 4) is 11.1 Å². The van der Waals surface area contributed by atoms with Crippen LogP contribution in [0.15, 0.2) is 60.7 Å². The van der Waals surface area contributed by atoms with Crippen molar-refractivity contribution in [3.05, 3.63) is 71.8 Å². The number of unbranched alkanes of at least 4 members (excludes halogenated alkanes) is 3. The Morgan fingerprint density at radius 2 is 1.67 bits per heavy atom. The molecule has 1 aliphatic carbocycles. The smallest absolute Gasteiger partial charge is 0.407 e. The number of carboxylic acids is 1. The molecule has 0 saturated carbocycles. The molecular formula is C25H29NO4. The van der Waals surface area contributed by atoms with Gasteiger partial charge in [0.2, 0.25) is 0 Å². The summed E-state index contributed by atoms with van der Waals surface area (Å²) in [5.41, 5.74) is 4.57. The van der Waals surface area contributed by atoms with Gasteiger partial charge in [-0.3, -0.25) is 0 Å². The first-order valence-corrected chi connectivity index (χ1v) is 10.6. The maximum Gasteiger partial charge on any atom is 0.407 e. The van der Waals surface area contributed by atoms with Crippen LogP contribution in [0.5, 0.6) is 0 Å². The summed E-state index contributed by atoms with van der Waals surface area (Å²) < 4.78 is 5.46. The summed E-state index contributed by atoms with van der Waals surface area (Å²) in [6.45, 7) is 2.16. The molecule has 0 fully saturated rings. The van der Waals surface area contributed by atoms with E-state index in [4.69, 9.17) is 4.74 Å². The number of fused-ring (bicyclic) bond motifs is 3. The molecule has 1 atom stereocenters. The molecule has 0 unspecified atom stereocenters. The standard InChI is InChI=1S/C25H29NO4/c1-2-3-4-5-6-7-16-23(24(27)28)26-25(29)30-17-22-20-14-10-8-12-18(20)19-13-9-11-15-21(19)22/h2-3,8-15,22-23H,4-7,16-17H2,1H3,(H,26,29)(H,27,28)/b3-2+/t23-/m1/s1. The number of nitrogens with one attached hydrogen (secondary N) is 1. The summed E-state index contributed by atoms with van der Waals surface area (Å²) in [6.07, 6.45) is 7.52. The van der Waals surface area contributed by atoms with Crippen molar-refractivity contribution in [1.82, 2.24) is 5.32 Å². The summed E-state index contributed by atoms with van der Waals surface area (Å²) in [5, 5.41) is 11.9. The molecule has 0 heterocycles. The molecule has 158 valence electrons. The minimum absolute atomic E-state index is 0.0435. The molecule has 5 nitrogen and oxygen atoms in total. The number of alkyl carbamates (subject to hydrolysis) is 1. The molecule has 2 aromatic carbocycles. The van der Waals surface area contributed by atoms with E-state index in [2.05, 4.69) is 35.7 Å². The zero-order chi connectivity index (χ0) is 21.3. The van der Waals surface area contributed by atoms with Crippen LogP contribution in [-0.4, -0.2) is 29.8 Å². The van der Waals surface area contributed by atoms with Gasteiger partial charge in [0, 0.05) is 5.92 Å². The average Bonchev–Trinajstić information content (AvgIpc) is 3.07. The van der Waals surface area contributed by atoms with E-state index in [1.165, 1.54) is 0 Å². The second-order valence-electron chi connectivity index (χ2n) is 7.57. The lowest BCUT2D eigenvalue weighted by Gasteiger charge is -2.17. The zero-order valence-electron chi connectivity index (χ0n) is 17.3. The highest BCUT2D eigenvalue weighted by atomic mass is 16.5. The number of hydrogen-bond donors (Lipinski definition) is 2. The first-order valence-electron chi connectivity index (χ1n) is 10.6. The van der Waals surface area contributed by atoms with Crippen molar-refractivity contribution < 1.29 is 19.4 Å². The van der Waals surface area contributed by atoms with Crippen LogP contribution < -0.4 is 5.32 Å². The number of carbonyl (C=O) groups is 2. The number of benzene rings is 2. The maximum absolute atomic E-state index is 12.3. The highest BCUT2D eigenvalue weighted by Crippen LogP contribution is 2.44. The van der Waals surface area contributed by atoms with E-state index in [1.807, 2.05) is 37.3 Å². The molecule has 0 saturated heterocycles. The fraction of sp³-hybridized carbons (Fsp3) is 0.360. The first kappa shape index (κ1) is 21.6. The largest absolute Gasteiger partial charge is 0.480 e. The predicted molar refractivity (Wildman–Crippen MR) is 118 cm³/mol. The monoisotopic (exact) mass is 407 g/mol. The minimum Gasteiger partial charge on any atom is -0.480 e. The number of carbonyl (C=O) groups excluding carboxylic acids is 1. The number of rotatable bonds is 10. The number of allylic oxidation sites excluding steroid dienone is 2. The van der Waals surface area contributed by atoms with Gasteiger partial charge in [-0.05, 0) is 48.4 Å². The van der Waals surface area contributed by atoms with Crippen LogP contribution in [0.4, 0.5) is 4.79 Å². The van der Waals surface area contributed by atoms with Crippen molar-refractivity contribution in [1.29, 1.82) is 0 Å². The summed E-state index contributed by atoms with van der Waals surface area (Å²) in [7, 11) is 0. The second kappa shape index (κ2) is 10.6. The number of aliphatic carboxylic acids is 1. The molecule has 0 bridgehead atoms. The third-order valence-corrected chi connectivity index (χ3v) is 5.53. The third-order valence-electron chi connectivity index (χ3n) is 5.53. The number of hydrogen-bond acceptors (Lipinski definition) is 3. The van der Waals surface area contributed by atoms with Gasteiger partial charge >= 0.3 is 12.1 Å². The lowest BCUT2D eigenvalue weighted by atomic mass is 9.98. The van der Waals surface area contributed by atoms with Crippen LogP contribution in [0.1, 0.15) is 56.1 Å². The first-order chi connectivity index (χ1) is 14.6. The molecule has 0 spiro atoms. The van der Waals surface area contributed by atoms with Gasteiger partial charge < -0.3 is 15.2 Å². The molecule has 2 aromatic rings. The molecule has 1 aliphatic rings.